The van der Waals surface area contributed by atoms with Crippen LogP contribution in [-0.4, -0.2) is 38.4 Å². The van der Waals surface area contributed by atoms with Gasteiger partial charge in [0.1, 0.15) is 11.3 Å². The molecular weight excluding hydrogens is 325 g/mol. The molecule has 0 radical (unpaired) electrons. The second-order valence-corrected chi connectivity index (χ2v) is 6.03. The van der Waals surface area contributed by atoms with E-state index < -0.39 is 23.6 Å². The van der Waals surface area contributed by atoms with E-state index >= 15 is 0 Å². The monoisotopic (exact) mass is 339 g/mol. The summed E-state index contributed by atoms with van der Waals surface area (Å²) >= 11 is 0. The standard InChI is InChI=1S/C18H14FN3O3/c19-11-5-13(16-15(6-11)20-9-21-16)17(23)22-7-10-3-1-2-4-12(10)14(8-22)18(24)25/h1-6,9,14H,7-8H2,(H,20,21)(H,24,25). The molecular formula is C18H14FN3O3. The maximum Gasteiger partial charge on any atom is 0.312 e. The van der Waals surface area contributed by atoms with Crippen molar-refractivity contribution in [3.05, 3.63) is 65.2 Å². The van der Waals surface area contributed by atoms with Crippen molar-refractivity contribution in [3.63, 3.8) is 0 Å². The average molecular weight is 339 g/mol. The highest BCUT2D eigenvalue weighted by atomic mass is 19.1. The Bertz CT molecular complexity index is 998. The molecule has 1 amide bonds. The van der Waals surface area contributed by atoms with E-state index in [1.807, 2.05) is 0 Å². The van der Waals surface area contributed by atoms with Crippen LogP contribution < -0.4 is 0 Å². The van der Waals surface area contributed by atoms with Gasteiger partial charge in [0.2, 0.25) is 0 Å². The first-order chi connectivity index (χ1) is 12.0. The van der Waals surface area contributed by atoms with Crippen molar-refractivity contribution in [1.82, 2.24) is 14.9 Å². The summed E-state index contributed by atoms with van der Waals surface area (Å²) in [5.41, 5.74) is 2.42. The molecule has 1 aliphatic heterocycles. The van der Waals surface area contributed by atoms with Crippen molar-refractivity contribution < 1.29 is 19.1 Å². The smallest absolute Gasteiger partial charge is 0.312 e. The molecule has 0 saturated heterocycles. The number of carboxylic acids is 1. The minimum absolute atomic E-state index is 0.0353. The number of hydrogen-bond donors (Lipinski definition) is 2. The summed E-state index contributed by atoms with van der Waals surface area (Å²) in [6, 6.07) is 9.57. The third kappa shape index (κ3) is 2.53. The Morgan fingerprint density at radius 1 is 1.28 bits per heavy atom. The van der Waals surface area contributed by atoms with Crippen LogP contribution in [0.15, 0.2) is 42.7 Å². The molecule has 3 aromatic rings. The quantitative estimate of drug-likeness (QED) is 0.751. The van der Waals surface area contributed by atoms with Crippen molar-refractivity contribution in [1.29, 1.82) is 0 Å². The number of carboxylic acid groups (broad SMARTS) is 1. The van der Waals surface area contributed by atoms with Gasteiger partial charge < -0.3 is 15.0 Å². The molecule has 1 aromatic heterocycles. The minimum atomic E-state index is -0.992. The first-order valence-electron chi connectivity index (χ1n) is 7.77. The third-order valence-electron chi connectivity index (χ3n) is 4.50. The molecule has 1 aliphatic rings. The van der Waals surface area contributed by atoms with E-state index in [-0.39, 0.29) is 18.7 Å². The van der Waals surface area contributed by atoms with Gasteiger partial charge in [0.25, 0.3) is 5.91 Å². The fourth-order valence-electron chi connectivity index (χ4n) is 3.32. The van der Waals surface area contributed by atoms with Crippen LogP contribution in [0.5, 0.6) is 0 Å². The van der Waals surface area contributed by atoms with E-state index in [0.29, 0.717) is 16.6 Å². The fourth-order valence-corrected chi connectivity index (χ4v) is 3.32. The summed E-state index contributed by atoms with van der Waals surface area (Å²) in [6.45, 7) is 0.314. The summed E-state index contributed by atoms with van der Waals surface area (Å²) < 4.78 is 13.8. The second kappa shape index (κ2) is 5.70. The minimum Gasteiger partial charge on any atom is -0.481 e. The molecule has 7 heteroatoms. The van der Waals surface area contributed by atoms with Gasteiger partial charge in [-0.05, 0) is 23.3 Å². The highest BCUT2D eigenvalue weighted by molar-refractivity contribution is 6.05. The number of nitrogens with zero attached hydrogens (tertiary/aromatic N) is 2. The summed E-state index contributed by atoms with van der Waals surface area (Å²) in [6.07, 6.45) is 1.40. The maximum atomic E-state index is 13.8. The summed E-state index contributed by atoms with van der Waals surface area (Å²) in [7, 11) is 0. The van der Waals surface area contributed by atoms with Crippen LogP contribution in [-0.2, 0) is 11.3 Å². The molecule has 2 N–H and O–H groups in total. The van der Waals surface area contributed by atoms with Gasteiger partial charge in [0.05, 0.1) is 23.3 Å². The number of aromatic amines is 1. The Balaban J connectivity index is 1.76. The third-order valence-corrected chi connectivity index (χ3v) is 4.50. The lowest BCUT2D eigenvalue weighted by atomic mass is 9.89. The highest BCUT2D eigenvalue weighted by Gasteiger charge is 2.33. The van der Waals surface area contributed by atoms with E-state index in [2.05, 4.69) is 9.97 Å². The summed E-state index contributed by atoms with van der Waals surface area (Å²) in [5.74, 6) is -2.78. The molecule has 0 fully saturated rings. The molecule has 0 saturated carbocycles. The van der Waals surface area contributed by atoms with Crippen molar-refractivity contribution in [2.45, 2.75) is 12.5 Å². The predicted molar refractivity (Wildman–Crippen MR) is 87.6 cm³/mol. The van der Waals surface area contributed by atoms with E-state index in [9.17, 15) is 19.1 Å². The number of H-pyrrole nitrogens is 1. The van der Waals surface area contributed by atoms with Crippen LogP contribution in [0.3, 0.4) is 0 Å². The fraction of sp³-hybridized carbons (Fsp3) is 0.167. The zero-order valence-electron chi connectivity index (χ0n) is 13.1. The SMILES string of the molecule is O=C(O)C1CN(C(=O)c2cc(F)cc3[nH]cnc23)Cc2ccccc21. The molecule has 25 heavy (non-hydrogen) atoms. The van der Waals surface area contributed by atoms with Crippen molar-refractivity contribution >= 4 is 22.9 Å². The number of nitrogens with one attached hydrogen (secondary N) is 1. The van der Waals surface area contributed by atoms with Gasteiger partial charge in [-0.2, -0.15) is 0 Å². The first kappa shape index (κ1) is 15.3. The normalized spacial score (nSPS) is 16.7. The number of carbonyl (C=O) groups is 2. The van der Waals surface area contributed by atoms with Crippen LogP contribution in [0, 0.1) is 5.82 Å². The van der Waals surface area contributed by atoms with Gasteiger partial charge in [0, 0.05) is 13.1 Å². The number of benzene rings is 2. The number of rotatable bonds is 2. The number of carbonyl (C=O) groups excluding carboxylic acids is 1. The van der Waals surface area contributed by atoms with Gasteiger partial charge in [-0.25, -0.2) is 9.37 Å². The maximum absolute atomic E-state index is 13.8. The van der Waals surface area contributed by atoms with Gasteiger partial charge in [-0.3, -0.25) is 9.59 Å². The van der Waals surface area contributed by atoms with Crippen LogP contribution in [0.25, 0.3) is 11.0 Å². The Hall–Kier alpha value is -3.22. The van der Waals surface area contributed by atoms with Gasteiger partial charge in [0.15, 0.2) is 0 Å². The average Bonchev–Trinajstić information content (AvgIpc) is 3.07. The number of aliphatic carboxylic acids is 1. The molecule has 2 heterocycles. The van der Waals surface area contributed by atoms with E-state index in [1.165, 1.54) is 17.3 Å². The van der Waals surface area contributed by atoms with E-state index in [4.69, 9.17) is 0 Å². The topological polar surface area (TPSA) is 86.3 Å². The van der Waals surface area contributed by atoms with Crippen LogP contribution in [0.4, 0.5) is 4.39 Å². The molecule has 0 bridgehead atoms. The highest BCUT2D eigenvalue weighted by Crippen LogP contribution is 2.30. The van der Waals surface area contributed by atoms with E-state index in [1.54, 1.807) is 24.3 Å². The number of hydrogen-bond acceptors (Lipinski definition) is 3. The molecule has 2 aromatic carbocycles. The van der Waals surface area contributed by atoms with Gasteiger partial charge >= 0.3 is 5.97 Å². The first-order valence-corrected chi connectivity index (χ1v) is 7.77. The zero-order valence-corrected chi connectivity index (χ0v) is 13.1. The molecule has 6 nitrogen and oxygen atoms in total. The van der Waals surface area contributed by atoms with Crippen LogP contribution in [0.2, 0.25) is 0 Å². The molecule has 4 rings (SSSR count). The Labute approximate surface area is 141 Å². The Morgan fingerprint density at radius 3 is 2.88 bits per heavy atom. The number of halogens is 1. The summed E-state index contributed by atoms with van der Waals surface area (Å²) in [4.78, 5) is 32.9. The number of imidazole rings is 1. The molecule has 0 aliphatic carbocycles. The zero-order chi connectivity index (χ0) is 17.6. The molecule has 1 atom stereocenters. The Kier molecular flexibility index (Phi) is 3.49. The Morgan fingerprint density at radius 2 is 2.08 bits per heavy atom. The van der Waals surface area contributed by atoms with Crippen LogP contribution >= 0.6 is 0 Å². The van der Waals surface area contributed by atoms with Crippen molar-refractivity contribution in [2.24, 2.45) is 0 Å². The van der Waals surface area contributed by atoms with Crippen LogP contribution in [0.1, 0.15) is 27.4 Å². The van der Waals surface area contributed by atoms with Gasteiger partial charge in [-0.15, -0.1) is 0 Å². The number of fused-ring (bicyclic) bond motifs is 2. The molecule has 126 valence electrons. The second-order valence-electron chi connectivity index (χ2n) is 6.03. The lowest BCUT2D eigenvalue weighted by Gasteiger charge is -2.33. The largest absolute Gasteiger partial charge is 0.481 e. The predicted octanol–water partition coefficient (Wildman–Crippen LogP) is 2.53. The van der Waals surface area contributed by atoms with Crippen molar-refractivity contribution in [2.75, 3.05) is 6.54 Å². The number of amides is 1. The lowest BCUT2D eigenvalue weighted by Crippen LogP contribution is -2.40. The molecule has 1 unspecified atom stereocenters. The lowest BCUT2D eigenvalue weighted by molar-refractivity contribution is -0.139. The summed E-state index contributed by atoms with van der Waals surface area (Å²) in [5, 5.41) is 9.52. The van der Waals surface area contributed by atoms with E-state index in [0.717, 1.165) is 11.6 Å². The molecule has 0 spiro atoms. The van der Waals surface area contributed by atoms with Crippen molar-refractivity contribution in [3.8, 4) is 0 Å². The van der Waals surface area contributed by atoms with Gasteiger partial charge in [-0.1, -0.05) is 24.3 Å². The number of aromatic nitrogens is 2.